The second-order valence-corrected chi connectivity index (χ2v) is 5.01. The molecule has 0 aliphatic carbocycles. The van der Waals surface area contributed by atoms with Crippen LogP contribution in [0.5, 0.6) is 0 Å². The summed E-state index contributed by atoms with van der Waals surface area (Å²) in [6, 6.07) is 10.6. The van der Waals surface area contributed by atoms with Crippen LogP contribution < -0.4 is 5.32 Å². The zero-order valence-electron chi connectivity index (χ0n) is 10.2. The Morgan fingerprint density at radius 3 is 2.76 bits per heavy atom. The molecule has 0 spiro atoms. The van der Waals surface area contributed by atoms with Crippen LogP contribution >= 0.6 is 15.9 Å². The SMILES string of the molecule is CNC(C)c1cc(-c2cccc(Br)c2)n(C)n1. The van der Waals surface area contributed by atoms with Gasteiger partial charge < -0.3 is 5.32 Å². The van der Waals surface area contributed by atoms with Crippen LogP contribution in [0.3, 0.4) is 0 Å². The van der Waals surface area contributed by atoms with Crippen LogP contribution in [0.4, 0.5) is 0 Å². The molecule has 1 atom stereocenters. The fraction of sp³-hybridized carbons (Fsp3) is 0.308. The van der Waals surface area contributed by atoms with Crippen LogP contribution in [0.15, 0.2) is 34.8 Å². The number of halogens is 1. The number of aryl methyl sites for hydroxylation is 1. The highest BCUT2D eigenvalue weighted by Crippen LogP contribution is 2.24. The quantitative estimate of drug-likeness (QED) is 0.942. The number of nitrogens with one attached hydrogen (secondary N) is 1. The van der Waals surface area contributed by atoms with E-state index in [0.717, 1.165) is 15.9 Å². The monoisotopic (exact) mass is 293 g/mol. The molecule has 1 unspecified atom stereocenters. The Morgan fingerprint density at radius 2 is 2.12 bits per heavy atom. The van der Waals surface area contributed by atoms with E-state index in [9.17, 15) is 0 Å². The summed E-state index contributed by atoms with van der Waals surface area (Å²) >= 11 is 3.49. The molecule has 90 valence electrons. The number of hydrogen-bond donors (Lipinski definition) is 1. The van der Waals surface area contributed by atoms with E-state index in [1.54, 1.807) is 0 Å². The van der Waals surface area contributed by atoms with Gasteiger partial charge in [0, 0.05) is 23.1 Å². The van der Waals surface area contributed by atoms with E-state index in [0.29, 0.717) is 0 Å². The molecule has 4 heteroatoms. The summed E-state index contributed by atoms with van der Waals surface area (Å²) in [7, 11) is 3.92. The van der Waals surface area contributed by atoms with Crippen molar-refractivity contribution in [3.05, 3.63) is 40.5 Å². The Hall–Kier alpha value is -1.13. The van der Waals surface area contributed by atoms with Gasteiger partial charge >= 0.3 is 0 Å². The minimum Gasteiger partial charge on any atom is -0.312 e. The summed E-state index contributed by atoms with van der Waals surface area (Å²) in [5, 5.41) is 7.73. The Morgan fingerprint density at radius 1 is 1.35 bits per heavy atom. The van der Waals surface area contributed by atoms with Gasteiger partial charge in [-0.05, 0) is 32.2 Å². The van der Waals surface area contributed by atoms with Gasteiger partial charge in [0.05, 0.1) is 11.4 Å². The smallest absolute Gasteiger partial charge is 0.0797 e. The molecule has 0 aliphatic heterocycles. The summed E-state index contributed by atoms with van der Waals surface area (Å²) in [6.45, 7) is 2.10. The van der Waals surface area contributed by atoms with E-state index in [-0.39, 0.29) is 6.04 Å². The van der Waals surface area contributed by atoms with Gasteiger partial charge in [-0.15, -0.1) is 0 Å². The van der Waals surface area contributed by atoms with E-state index in [4.69, 9.17) is 0 Å². The lowest BCUT2D eigenvalue weighted by molar-refractivity contribution is 0.612. The molecule has 2 rings (SSSR count). The number of benzene rings is 1. The van der Waals surface area contributed by atoms with E-state index in [1.807, 2.05) is 30.9 Å². The van der Waals surface area contributed by atoms with Crippen molar-refractivity contribution >= 4 is 15.9 Å². The summed E-state index contributed by atoms with van der Waals surface area (Å²) in [6.07, 6.45) is 0. The molecule has 3 nitrogen and oxygen atoms in total. The number of nitrogens with zero attached hydrogens (tertiary/aromatic N) is 2. The van der Waals surface area contributed by atoms with Crippen molar-refractivity contribution in [2.75, 3.05) is 7.05 Å². The Labute approximate surface area is 110 Å². The second kappa shape index (κ2) is 5.02. The summed E-state index contributed by atoms with van der Waals surface area (Å²) in [5.74, 6) is 0. The second-order valence-electron chi connectivity index (χ2n) is 4.10. The van der Waals surface area contributed by atoms with Gasteiger partial charge in [-0.3, -0.25) is 4.68 Å². The normalized spacial score (nSPS) is 12.7. The Bertz CT molecular complexity index is 519. The average molecular weight is 294 g/mol. The van der Waals surface area contributed by atoms with Gasteiger partial charge in [-0.1, -0.05) is 28.1 Å². The van der Waals surface area contributed by atoms with Crippen LogP contribution in [0, 0.1) is 0 Å². The van der Waals surface area contributed by atoms with Gasteiger partial charge in [-0.2, -0.15) is 5.10 Å². The highest BCUT2D eigenvalue weighted by atomic mass is 79.9. The first-order valence-electron chi connectivity index (χ1n) is 5.59. The molecule has 0 amide bonds. The highest BCUT2D eigenvalue weighted by molar-refractivity contribution is 9.10. The summed E-state index contributed by atoms with van der Waals surface area (Å²) < 4.78 is 3.00. The van der Waals surface area contributed by atoms with E-state index in [1.165, 1.54) is 5.56 Å². The molecule has 2 aromatic rings. The third-order valence-corrected chi connectivity index (χ3v) is 3.39. The van der Waals surface area contributed by atoms with Gasteiger partial charge in [-0.25, -0.2) is 0 Å². The van der Waals surface area contributed by atoms with Crippen molar-refractivity contribution in [1.29, 1.82) is 0 Å². The average Bonchev–Trinajstić information content (AvgIpc) is 2.70. The molecule has 1 aromatic heterocycles. The van der Waals surface area contributed by atoms with Crippen molar-refractivity contribution in [2.45, 2.75) is 13.0 Å². The zero-order chi connectivity index (χ0) is 12.4. The topological polar surface area (TPSA) is 29.9 Å². The maximum absolute atomic E-state index is 4.53. The number of aromatic nitrogens is 2. The molecule has 0 bridgehead atoms. The molecule has 1 aromatic carbocycles. The lowest BCUT2D eigenvalue weighted by atomic mass is 10.1. The molecule has 0 saturated heterocycles. The molecular formula is C13H16BrN3. The van der Waals surface area contributed by atoms with Crippen molar-refractivity contribution in [3.63, 3.8) is 0 Å². The molecule has 0 radical (unpaired) electrons. The maximum atomic E-state index is 4.53. The minimum atomic E-state index is 0.266. The molecule has 17 heavy (non-hydrogen) atoms. The lowest BCUT2D eigenvalue weighted by Crippen LogP contribution is -2.13. The van der Waals surface area contributed by atoms with Gasteiger partial charge in [0.1, 0.15) is 0 Å². The maximum Gasteiger partial charge on any atom is 0.0797 e. The number of hydrogen-bond acceptors (Lipinski definition) is 2. The van der Waals surface area contributed by atoms with E-state index in [2.05, 4.69) is 51.5 Å². The predicted molar refractivity (Wildman–Crippen MR) is 73.8 cm³/mol. The van der Waals surface area contributed by atoms with Gasteiger partial charge in [0.2, 0.25) is 0 Å². The molecule has 0 aliphatic rings. The molecule has 1 N–H and O–H groups in total. The van der Waals surface area contributed by atoms with Crippen LogP contribution in [-0.4, -0.2) is 16.8 Å². The molecule has 1 heterocycles. The van der Waals surface area contributed by atoms with E-state index >= 15 is 0 Å². The van der Waals surface area contributed by atoms with Crippen LogP contribution in [0.25, 0.3) is 11.3 Å². The summed E-state index contributed by atoms with van der Waals surface area (Å²) in [5.41, 5.74) is 3.36. The van der Waals surface area contributed by atoms with Crippen LogP contribution in [0.2, 0.25) is 0 Å². The summed E-state index contributed by atoms with van der Waals surface area (Å²) in [4.78, 5) is 0. The minimum absolute atomic E-state index is 0.266. The largest absolute Gasteiger partial charge is 0.312 e. The lowest BCUT2D eigenvalue weighted by Gasteiger charge is -2.04. The van der Waals surface area contributed by atoms with Crippen molar-refractivity contribution in [2.24, 2.45) is 7.05 Å². The fourth-order valence-corrected chi connectivity index (χ4v) is 2.17. The Kier molecular flexibility index (Phi) is 3.64. The van der Waals surface area contributed by atoms with Gasteiger partial charge in [0.25, 0.3) is 0 Å². The van der Waals surface area contributed by atoms with Crippen molar-refractivity contribution in [3.8, 4) is 11.3 Å². The number of rotatable bonds is 3. The first-order valence-corrected chi connectivity index (χ1v) is 6.38. The predicted octanol–water partition coefficient (Wildman–Crippen LogP) is 3.13. The van der Waals surface area contributed by atoms with Gasteiger partial charge in [0.15, 0.2) is 0 Å². The molecular weight excluding hydrogens is 278 g/mol. The van der Waals surface area contributed by atoms with Crippen LogP contribution in [0.1, 0.15) is 18.7 Å². The zero-order valence-corrected chi connectivity index (χ0v) is 11.8. The van der Waals surface area contributed by atoms with Crippen LogP contribution in [-0.2, 0) is 7.05 Å². The fourth-order valence-electron chi connectivity index (χ4n) is 1.77. The third kappa shape index (κ3) is 2.58. The Balaban J connectivity index is 2.42. The van der Waals surface area contributed by atoms with Crippen molar-refractivity contribution in [1.82, 2.24) is 15.1 Å². The van der Waals surface area contributed by atoms with E-state index < -0.39 is 0 Å². The van der Waals surface area contributed by atoms with Crippen molar-refractivity contribution < 1.29 is 0 Å². The standard InChI is InChI=1S/C13H16BrN3/c1-9(15-2)12-8-13(17(3)16-12)10-5-4-6-11(14)7-10/h4-9,15H,1-3H3. The first-order chi connectivity index (χ1) is 8.11. The third-order valence-electron chi connectivity index (χ3n) is 2.90. The highest BCUT2D eigenvalue weighted by Gasteiger charge is 2.11. The first kappa shape index (κ1) is 12.3. The molecule has 0 fully saturated rings. The molecule has 0 saturated carbocycles.